The first-order valence-corrected chi connectivity index (χ1v) is 6.77. The summed E-state index contributed by atoms with van der Waals surface area (Å²) in [7, 11) is 0.942. The molecule has 9 heteroatoms. The minimum Gasteiger partial charge on any atom is -0.468 e. The van der Waals surface area contributed by atoms with Gasteiger partial charge in [0.25, 0.3) is 0 Å². The summed E-state index contributed by atoms with van der Waals surface area (Å²) < 4.78 is 44.3. The number of ether oxygens (including phenoxy) is 1. The smallest absolute Gasteiger partial charge is 0.400 e. The van der Waals surface area contributed by atoms with Gasteiger partial charge in [-0.3, -0.25) is 20.2 Å². The van der Waals surface area contributed by atoms with Crippen LogP contribution in [-0.4, -0.2) is 36.3 Å². The van der Waals surface area contributed by atoms with Crippen molar-refractivity contribution in [3.05, 3.63) is 45.5 Å². The van der Waals surface area contributed by atoms with E-state index in [-0.39, 0.29) is 0 Å². The fourth-order valence-corrected chi connectivity index (χ4v) is 2.84. The Morgan fingerprint density at radius 3 is 2.30 bits per heavy atom. The molecule has 23 heavy (non-hydrogen) atoms. The zero-order valence-corrected chi connectivity index (χ0v) is 12.3. The monoisotopic (exact) mass is 332 g/mol. The van der Waals surface area contributed by atoms with Crippen molar-refractivity contribution in [2.45, 2.75) is 31.2 Å². The third-order valence-electron chi connectivity index (χ3n) is 3.94. The molecule has 1 heterocycles. The molecule has 126 valence electrons. The van der Waals surface area contributed by atoms with Gasteiger partial charge in [0.05, 0.1) is 7.11 Å². The van der Waals surface area contributed by atoms with Crippen molar-refractivity contribution in [2.75, 3.05) is 7.11 Å². The molecule has 0 aromatic heterocycles. The first-order chi connectivity index (χ1) is 10.7. The van der Waals surface area contributed by atoms with Crippen LogP contribution in [0.25, 0.3) is 0 Å². The Balaban J connectivity index is 2.48. The summed E-state index contributed by atoms with van der Waals surface area (Å²) in [5.41, 5.74) is 1.18. The summed E-state index contributed by atoms with van der Waals surface area (Å²) in [6.07, 6.45) is -4.91. The summed E-state index contributed by atoms with van der Waals surface area (Å²) >= 11 is 0. The van der Waals surface area contributed by atoms with E-state index in [1.165, 1.54) is 12.1 Å². The molecule has 1 aliphatic heterocycles. The number of hydrogen-bond acceptors (Lipinski definition) is 5. The molecule has 0 aliphatic carbocycles. The number of rotatable bonds is 3. The van der Waals surface area contributed by atoms with Crippen molar-refractivity contribution in [3.8, 4) is 0 Å². The van der Waals surface area contributed by atoms with Crippen molar-refractivity contribution < 1.29 is 27.6 Å². The van der Waals surface area contributed by atoms with Gasteiger partial charge in [0, 0.05) is 4.92 Å². The molecule has 6 nitrogen and oxygen atoms in total. The van der Waals surface area contributed by atoms with E-state index in [2.05, 4.69) is 10.1 Å². The average molecular weight is 332 g/mol. The fourth-order valence-electron chi connectivity index (χ4n) is 2.84. The van der Waals surface area contributed by atoms with Crippen LogP contribution < -0.4 is 5.32 Å². The summed E-state index contributed by atoms with van der Waals surface area (Å²) in [5, 5.41) is 13.7. The van der Waals surface area contributed by atoms with Crippen molar-refractivity contribution in [2.24, 2.45) is 5.92 Å². The number of methoxy groups -OCH3 is 1. The lowest BCUT2D eigenvalue weighted by atomic mass is 9.90. The van der Waals surface area contributed by atoms with Crippen LogP contribution in [0.2, 0.25) is 0 Å². The van der Waals surface area contributed by atoms with E-state index in [0.29, 0.717) is 5.56 Å². The number of esters is 1. The van der Waals surface area contributed by atoms with Gasteiger partial charge in [0.15, 0.2) is 0 Å². The molecule has 1 fully saturated rings. The number of nitrogens with one attached hydrogen (secondary N) is 1. The van der Waals surface area contributed by atoms with Crippen LogP contribution in [0.4, 0.5) is 13.2 Å². The molecule has 0 saturated carbocycles. The maximum absolute atomic E-state index is 13.3. The first kappa shape index (κ1) is 17.2. The largest absolute Gasteiger partial charge is 0.468 e. The van der Waals surface area contributed by atoms with Crippen molar-refractivity contribution in [1.29, 1.82) is 0 Å². The van der Waals surface area contributed by atoms with Gasteiger partial charge < -0.3 is 4.74 Å². The van der Waals surface area contributed by atoms with Gasteiger partial charge in [-0.05, 0) is 12.5 Å². The molecule has 1 aromatic carbocycles. The molecular weight excluding hydrogens is 317 g/mol. The molecule has 0 spiro atoms. The zero-order chi connectivity index (χ0) is 17.4. The highest BCUT2D eigenvalue weighted by molar-refractivity contribution is 5.77. The second-order valence-electron chi connectivity index (χ2n) is 5.40. The Morgan fingerprint density at radius 1 is 1.30 bits per heavy atom. The number of nitro groups is 1. The number of carbonyl (C=O) groups is 1. The predicted molar refractivity (Wildman–Crippen MR) is 73.2 cm³/mol. The summed E-state index contributed by atoms with van der Waals surface area (Å²) in [6.45, 7) is 1.78. The van der Waals surface area contributed by atoms with Crippen LogP contribution >= 0.6 is 0 Å². The Hall–Kier alpha value is -2.16. The van der Waals surface area contributed by atoms with Gasteiger partial charge in [-0.2, -0.15) is 13.2 Å². The molecular formula is C14H15F3N2O4. The molecule has 0 radical (unpaired) electrons. The maximum atomic E-state index is 13.3. The molecule has 2 rings (SSSR count). The van der Waals surface area contributed by atoms with Crippen LogP contribution in [0.1, 0.15) is 17.2 Å². The molecule has 1 saturated heterocycles. The molecule has 0 amide bonds. The normalized spacial score (nSPS) is 27.7. The van der Waals surface area contributed by atoms with Crippen molar-refractivity contribution in [1.82, 2.24) is 5.32 Å². The van der Waals surface area contributed by atoms with Gasteiger partial charge in [-0.1, -0.05) is 29.8 Å². The van der Waals surface area contributed by atoms with E-state index in [0.717, 1.165) is 12.7 Å². The van der Waals surface area contributed by atoms with E-state index >= 15 is 0 Å². The van der Waals surface area contributed by atoms with Gasteiger partial charge >= 0.3 is 12.1 Å². The Labute approximate surface area is 129 Å². The molecule has 0 unspecified atom stereocenters. The molecule has 1 aromatic rings. The second kappa shape index (κ2) is 6.15. The summed E-state index contributed by atoms with van der Waals surface area (Å²) in [5.74, 6) is -3.63. The fraction of sp³-hybridized carbons (Fsp3) is 0.500. The number of carbonyl (C=O) groups excluding carboxylic acids is 1. The third-order valence-corrected chi connectivity index (χ3v) is 3.94. The SMILES string of the molecule is COC(=O)[C@@H]1N[C@H](c2ccc(C)cc2)[C@@H]([N+](=O)[O-])[C@@H]1C(F)(F)F. The predicted octanol–water partition coefficient (Wildman–Crippen LogP) is 2.00. The number of alkyl halides is 3. The molecule has 1 aliphatic rings. The Morgan fingerprint density at radius 2 is 1.87 bits per heavy atom. The lowest BCUT2D eigenvalue weighted by molar-refractivity contribution is -0.540. The first-order valence-electron chi connectivity index (χ1n) is 6.77. The van der Waals surface area contributed by atoms with Crippen LogP contribution in [0.5, 0.6) is 0 Å². The second-order valence-corrected chi connectivity index (χ2v) is 5.40. The van der Waals surface area contributed by atoms with E-state index in [1.807, 2.05) is 0 Å². The van der Waals surface area contributed by atoms with Gasteiger partial charge in [0.1, 0.15) is 18.0 Å². The van der Waals surface area contributed by atoms with Crippen LogP contribution in [0.3, 0.4) is 0 Å². The standard InChI is InChI=1S/C14H15F3N2O4/c1-7-3-5-8(6-4-7)10-12(19(21)22)9(14(15,16)17)11(18-10)13(20)23-2/h3-6,9-12,18H,1-2H3/t9-,10-,11-,12+/m1/s1. The molecule has 1 N–H and O–H groups in total. The Kier molecular flexibility index (Phi) is 4.60. The lowest BCUT2D eigenvalue weighted by Crippen LogP contribution is -2.46. The number of aryl methyl sites for hydroxylation is 1. The molecule has 0 bridgehead atoms. The number of nitrogens with zero attached hydrogens (tertiary/aromatic N) is 1. The van der Waals surface area contributed by atoms with Crippen molar-refractivity contribution in [3.63, 3.8) is 0 Å². The van der Waals surface area contributed by atoms with E-state index in [9.17, 15) is 28.1 Å². The average Bonchev–Trinajstić information content (AvgIpc) is 2.88. The minimum atomic E-state index is -4.91. The van der Waals surface area contributed by atoms with Crippen molar-refractivity contribution >= 4 is 5.97 Å². The summed E-state index contributed by atoms with van der Waals surface area (Å²) in [6, 6.07) is 1.24. The summed E-state index contributed by atoms with van der Waals surface area (Å²) in [4.78, 5) is 22.0. The highest BCUT2D eigenvalue weighted by atomic mass is 19.4. The topological polar surface area (TPSA) is 81.5 Å². The van der Waals surface area contributed by atoms with Gasteiger partial charge in [0.2, 0.25) is 6.04 Å². The maximum Gasteiger partial charge on any atom is 0.400 e. The number of hydrogen-bond donors (Lipinski definition) is 1. The van der Waals surface area contributed by atoms with Gasteiger partial charge in [-0.15, -0.1) is 0 Å². The van der Waals surface area contributed by atoms with Crippen LogP contribution in [0.15, 0.2) is 24.3 Å². The third kappa shape index (κ3) is 3.29. The quantitative estimate of drug-likeness (QED) is 0.520. The van der Waals surface area contributed by atoms with Crippen LogP contribution in [0, 0.1) is 23.0 Å². The molecule has 4 atom stereocenters. The van der Waals surface area contributed by atoms with E-state index in [1.54, 1.807) is 19.1 Å². The Bertz CT molecular complexity index is 603. The minimum absolute atomic E-state index is 0.318. The zero-order valence-electron chi connectivity index (χ0n) is 12.3. The van der Waals surface area contributed by atoms with Crippen LogP contribution in [-0.2, 0) is 9.53 Å². The highest BCUT2D eigenvalue weighted by Gasteiger charge is 2.65. The number of halogens is 3. The highest BCUT2D eigenvalue weighted by Crippen LogP contribution is 2.43. The number of benzene rings is 1. The van der Waals surface area contributed by atoms with E-state index < -0.39 is 41.1 Å². The van der Waals surface area contributed by atoms with E-state index in [4.69, 9.17) is 0 Å². The lowest BCUT2D eigenvalue weighted by Gasteiger charge is -2.21. The van der Waals surface area contributed by atoms with Gasteiger partial charge in [-0.25, -0.2) is 0 Å².